The van der Waals surface area contributed by atoms with Gasteiger partial charge in [0.1, 0.15) is 17.3 Å². The van der Waals surface area contributed by atoms with Crippen molar-refractivity contribution in [2.45, 2.75) is 46.1 Å². The fourth-order valence-corrected chi connectivity index (χ4v) is 3.48. The average molecular weight is 349 g/mol. The smallest absolute Gasteiger partial charge is 0.156 e. The molecule has 4 heterocycles. The monoisotopic (exact) mass is 349 g/mol. The number of nitrogens with one attached hydrogen (secondary N) is 1. The first-order valence-corrected chi connectivity index (χ1v) is 9.04. The van der Waals surface area contributed by atoms with Gasteiger partial charge >= 0.3 is 0 Å². The number of nitrogens with zero attached hydrogens (tertiary/aromatic N) is 6. The van der Waals surface area contributed by atoms with Crippen LogP contribution < -0.4 is 4.90 Å². The fourth-order valence-electron chi connectivity index (χ4n) is 3.48. The molecule has 0 saturated carbocycles. The minimum Gasteiger partial charge on any atom is -0.346 e. The molecule has 1 aliphatic rings. The second-order valence-electron chi connectivity index (χ2n) is 6.83. The van der Waals surface area contributed by atoms with Crippen LogP contribution in [-0.2, 0) is 0 Å². The molecule has 0 aliphatic carbocycles. The van der Waals surface area contributed by atoms with E-state index in [9.17, 15) is 0 Å². The highest BCUT2D eigenvalue weighted by atomic mass is 15.2. The number of hydrogen-bond donors (Lipinski definition) is 1. The molecular formula is C19H23N7. The van der Waals surface area contributed by atoms with E-state index in [0.717, 1.165) is 66.2 Å². The second kappa shape index (κ2) is 6.82. The van der Waals surface area contributed by atoms with Crippen LogP contribution in [-0.4, -0.2) is 36.4 Å². The Hall–Kier alpha value is -2.83. The lowest BCUT2D eigenvalue weighted by Crippen LogP contribution is -2.35. The van der Waals surface area contributed by atoms with Crippen molar-refractivity contribution in [3.63, 3.8) is 0 Å². The van der Waals surface area contributed by atoms with Crippen LogP contribution in [0.25, 0.3) is 11.5 Å². The lowest BCUT2D eigenvalue weighted by molar-refractivity contribution is 0.452. The molecule has 3 aromatic heterocycles. The SMILES string of the molecule is Cc1cc(-c2ncc(C)[nH]2)nc(C2CCCCN2c2ccnc(C)n2)n1. The first-order valence-electron chi connectivity index (χ1n) is 9.04. The topological polar surface area (TPSA) is 83.5 Å². The molecule has 4 rings (SSSR count). The molecule has 1 aliphatic heterocycles. The molecule has 7 nitrogen and oxygen atoms in total. The Morgan fingerprint density at radius 3 is 2.73 bits per heavy atom. The van der Waals surface area contributed by atoms with E-state index in [1.807, 2.05) is 45.3 Å². The molecule has 1 N–H and O–H groups in total. The van der Waals surface area contributed by atoms with Crippen LogP contribution in [0.5, 0.6) is 0 Å². The maximum Gasteiger partial charge on any atom is 0.156 e. The molecule has 0 amide bonds. The lowest BCUT2D eigenvalue weighted by Gasteiger charge is -2.35. The van der Waals surface area contributed by atoms with E-state index in [1.165, 1.54) is 0 Å². The first-order chi connectivity index (χ1) is 12.6. The number of hydrogen-bond acceptors (Lipinski definition) is 6. The number of imidazole rings is 1. The second-order valence-corrected chi connectivity index (χ2v) is 6.83. The zero-order valence-corrected chi connectivity index (χ0v) is 15.4. The molecule has 0 radical (unpaired) electrons. The first kappa shape index (κ1) is 16.6. The number of piperidine rings is 1. The van der Waals surface area contributed by atoms with Crippen LogP contribution in [0.1, 0.15) is 48.3 Å². The summed E-state index contributed by atoms with van der Waals surface area (Å²) in [6, 6.07) is 4.06. The van der Waals surface area contributed by atoms with Gasteiger partial charge in [0.25, 0.3) is 0 Å². The van der Waals surface area contributed by atoms with Crippen molar-refractivity contribution >= 4 is 5.82 Å². The van der Waals surface area contributed by atoms with E-state index in [2.05, 4.69) is 24.8 Å². The van der Waals surface area contributed by atoms with Gasteiger partial charge < -0.3 is 9.88 Å². The van der Waals surface area contributed by atoms with Gasteiger partial charge in [-0.25, -0.2) is 24.9 Å². The van der Waals surface area contributed by atoms with Gasteiger partial charge in [0, 0.05) is 30.3 Å². The number of aryl methyl sites for hydroxylation is 3. The van der Waals surface area contributed by atoms with Gasteiger partial charge in [-0.15, -0.1) is 0 Å². The quantitative estimate of drug-likeness (QED) is 0.781. The summed E-state index contributed by atoms with van der Waals surface area (Å²) in [5.41, 5.74) is 2.81. The molecule has 1 unspecified atom stereocenters. The number of H-pyrrole nitrogens is 1. The largest absolute Gasteiger partial charge is 0.346 e. The van der Waals surface area contributed by atoms with Gasteiger partial charge in [-0.2, -0.15) is 0 Å². The number of anilines is 1. The molecule has 7 heteroatoms. The molecule has 3 aromatic rings. The van der Waals surface area contributed by atoms with Crippen LogP contribution in [0, 0.1) is 20.8 Å². The van der Waals surface area contributed by atoms with E-state index in [4.69, 9.17) is 9.97 Å². The Kier molecular flexibility index (Phi) is 4.36. The highest BCUT2D eigenvalue weighted by Crippen LogP contribution is 2.33. The van der Waals surface area contributed by atoms with E-state index in [0.29, 0.717) is 0 Å². The number of rotatable bonds is 3. The van der Waals surface area contributed by atoms with Crippen molar-refractivity contribution in [1.82, 2.24) is 29.9 Å². The summed E-state index contributed by atoms with van der Waals surface area (Å²) in [6.07, 6.45) is 6.97. The molecular weight excluding hydrogens is 326 g/mol. The zero-order chi connectivity index (χ0) is 18.1. The molecule has 1 atom stereocenters. The van der Waals surface area contributed by atoms with Gasteiger partial charge in [0.2, 0.25) is 0 Å². The molecule has 0 aromatic carbocycles. The van der Waals surface area contributed by atoms with E-state index in [1.54, 1.807) is 0 Å². The predicted octanol–water partition coefficient (Wildman–Crippen LogP) is 3.31. The van der Waals surface area contributed by atoms with E-state index >= 15 is 0 Å². The van der Waals surface area contributed by atoms with Crippen molar-refractivity contribution in [1.29, 1.82) is 0 Å². The van der Waals surface area contributed by atoms with Crippen molar-refractivity contribution < 1.29 is 0 Å². The summed E-state index contributed by atoms with van der Waals surface area (Å²) in [6.45, 7) is 6.87. The Morgan fingerprint density at radius 1 is 1.08 bits per heavy atom. The normalized spacial score (nSPS) is 17.5. The van der Waals surface area contributed by atoms with Crippen LogP contribution >= 0.6 is 0 Å². The van der Waals surface area contributed by atoms with Crippen molar-refractivity contribution in [2.75, 3.05) is 11.4 Å². The Balaban J connectivity index is 1.73. The summed E-state index contributed by atoms with van der Waals surface area (Å²) >= 11 is 0. The molecule has 0 bridgehead atoms. The zero-order valence-electron chi connectivity index (χ0n) is 15.4. The minimum absolute atomic E-state index is 0.118. The maximum atomic E-state index is 4.85. The van der Waals surface area contributed by atoms with E-state index in [-0.39, 0.29) is 6.04 Å². The third-order valence-electron chi connectivity index (χ3n) is 4.67. The molecule has 1 saturated heterocycles. The average Bonchev–Trinajstić information content (AvgIpc) is 3.08. The van der Waals surface area contributed by atoms with Gasteiger partial charge in [-0.1, -0.05) is 0 Å². The third kappa shape index (κ3) is 3.29. The summed E-state index contributed by atoms with van der Waals surface area (Å²) in [4.78, 5) is 28.4. The number of aromatic nitrogens is 6. The maximum absolute atomic E-state index is 4.85. The summed E-state index contributed by atoms with van der Waals surface area (Å²) in [5, 5.41) is 0. The Morgan fingerprint density at radius 2 is 1.96 bits per heavy atom. The predicted molar refractivity (Wildman–Crippen MR) is 99.8 cm³/mol. The van der Waals surface area contributed by atoms with Gasteiger partial charge in [0.15, 0.2) is 11.6 Å². The summed E-state index contributed by atoms with van der Waals surface area (Å²) in [5.74, 6) is 3.35. The van der Waals surface area contributed by atoms with Gasteiger partial charge in [-0.05, 0) is 52.2 Å². The van der Waals surface area contributed by atoms with Crippen molar-refractivity contribution in [2.24, 2.45) is 0 Å². The highest BCUT2D eigenvalue weighted by molar-refractivity contribution is 5.50. The van der Waals surface area contributed by atoms with Crippen LogP contribution in [0.15, 0.2) is 24.5 Å². The summed E-state index contributed by atoms with van der Waals surface area (Å²) < 4.78 is 0. The highest BCUT2D eigenvalue weighted by Gasteiger charge is 2.28. The standard InChI is InChI=1S/C19H23N7/c1-12-10-15(18-21-11-13(2)23-18)25-19(22-12)16-6-4-5-9-26(16)17-7-8-20-14(3)24-17/h7-8,10-11,16H,4-6,9H2,1-3H3,(H,21,23). The van der Waals surface area contributed by atoms with Crippen molar-refractivity contribution in [3.05, 3.63) is 47.6 Å². The van der Waals surface area contributed by atoms with Crippen LogP contribution in [0.4, 0.5) is 5.82 Å². The number of aromatic amines is 1. The van der Waals surface area contributed by atoms with Gasteiger partial charge in [-0.3, -0.25) is 0 Å². The van der Waals surface area contributed by atoms with Gasteiger partial charge in [0.05, 0.1) is 6.04 Å². The summed E-state index contributed by atoms with van der Waals surface area (Å²) in [7, 11) is 0. The minimum atomic E-state index is 0.118. The van der Waals surface area contributed by atoms with Crippen molar-refractivity contribution in [3.8, 4) is 11.5 Å². The third-order valence-corrected chi connectivity index (χ3v) is 4.67. The molecule has 0 spiro atoms. The molecule has 134 valence electrons. The van der Waals surface area contributed by atoms with Crippen LogP contribution in [0.3, 0.4) is 0 Å². The Labute approximate surface area is 153 Å². The molecule has 1 fully saturated rings. The Bertz CT molecular complexity index is 918. The molecule has 26 heavy (non-hydrogen) atoms. The van der Waals surface area contributed by atoms with E-state index < -0.39 is 0 Å². The lowest BCUT2D eigenvalue weighted by atomic mass is 10.0. The van der Waals surface area contributed by atoms with Crippen LogP contribution in [0.2, 0.25) is 0 Å². The fraction of sp³-hybridized carbons (Fsp3) is 0.421.